The van der Waals surface area contributed by atoms with Gasteiger partial charge in [-0.3, -0.25) is 9.59 Å². The Hall–Kier alpha value is -3.02. The van der Waals surface area contributed by atoms with Crippen LogP contribution >= 0.6 is 0 Å². The zero-order chi connectivity index (χ0) is 19.8. The molecule has 0 aliphatic carbocycles. The average Bonchev–Trinajstić information content (AvgIpc) is 2.67. The van der Waals surface area contributed by atoms with Crippen LogP contribution < -0.4 is 20.1 Å². The number of nitrogens with one attached hydrogen (secondary N) is 2. The number of carbonyl (C=O) groups is 2. The Morgan fingerprint density at radius 1 is 1.00 bits per heavy atom. The maximum Gasteiger partial charge on any atom is 0.222 e. The zero-order valence-electron chi connectivity index (χ0n) is 16.1. The lowest BCUT2D eigenvalue weighted by molar-refractivity contribution is -0.123. The van der Waals surface area contributed by atoms with Gasteiger partial charge >= 0.3 is 0 Å². The van der Waals surface area contributed by atoms with E-state index < -0.39 is 0 Å². The summed E-state index contributed by atoms with van der Waals surface area (Å²) in [5, 5.41) is 5.81. The molecule has 2 aromatic carbocycles. The predicted molar refractivity (Wildman–Crippen MR) is 104 cm³/mol. The van der Waals surface area contributed by atoms with E-state index in [0.717, 1.165) is 11.1 Å². The fourth-order valence-electron chi connectivity index (χ4n) is 2.92. The number of rotatable bonds is 8. The number of ether oxygens (including phenoxy) is 2. The molecule has 0 aromatic heterocycles. The van der Waals surface area contributed by atoms with E-state index in [1.807, 2.05) is 43.3 Å². The van der Waals surface area contributed by atoms with Gasteiger partial charge in [-0.1, -0.05) is 30.3 Å². The van der Waals surface area contributed by atoms with E-state index in [4.69, 9.17) is 9.47 Å². The molecule has 27 heavy (non-hydrogen) atoms. The largest absolute Gasteiger partial charge is 0.497 e. The van der Waals surface area contributed by atoms with Crippen LogP contribution in [0, 0.1) is 0 Å². The van der Waals surface area contributed by atoms with Gasteiger partial charge in [-0.15, -0.1) is 0 Å². The Labute approximate surface area is 159 Å². The fraction of sp³-hybridized carbons (Fsp3) is 0.333. The van der Waals surface area contributed by atoms with Gasteiger partial charge in [-0.2, -0.15) is 0 Å². The molecule has 0 aliphatic rings. The summed E-state index contributed by atoms with van der Waals surface area (Å²) in [4.78, 5) is 24.1. The van der Waals surface area contributed by atoms with Crippen LogP contribution in [0.25, 0.3) is 0 Å². The van der Waals surface area contributed by atoms with Crippen molar-refractivity contribution in [3.05, 3.63) is 59.7 Å². The molecular formula is C21H26N2O4. The number of amides is 2. The monoisotopic (exact) mass is 370 g/mol. The number of carbonyl (C=O) groups excluding carboxylic acids is 2. The van der Waals surface area contributed by atoms with E-state index in [2.05, 4.69) is 10.6 Å². The molecule has 0 bridgehead atoms. The molecule has 0 heterocycles. The van der Waals surface area contributed by atoms with Crippen LogP contribution in [0.1, 0.15) is 43.5 Å². The van der Waals surface area contributed by atoms with Crippen molar-refractivity contribution in [2.45, 2.75) is 32.4 Å². The van der Waals surface area contributed by atoms with Gasteiger partial charge in [0.25, 0.3) is 0 Å². The fourth-order valence-corrected chi connectivity index (χ4v) is 2.92. The molecule has 0 saturated carbocycles. The van der Waals surface area contributed by atoms with Crippen LogP contribution in [-0.4, -0.2) is 26.0 Å². The van der Waals surface area contributed by atoms with Gasteiger partial charge in [0, 0.05) is 12.5 Å². The van der Waals surface area contributed by atoms with Crippen LogP contribution in [0.4, 0.5) is 0 Å². The molecule has 2 aromatic rings. The Balaban J connectivity index is 2.12. The summed E-state index contributed by atoms with van der Waals surface area (Å²) < 4.78 is 10.6. The van der Waals surface area contributed by atoms with Crippen molar-refractivity contribution in [3.63, 3.8) is 0 Å². The molecule has 144 valence electrons. The molecule has 0 unspecified atom stereocenters. The first-order valence-electron chi connectivity index (χ1n) is 8.78. The predicted octanol–water partition coefficient (Wildman–Crippen LogP) is 3.15. The Morgan fingerprint density at radius 3 is 2.30 bits per heavy atom. The lowest BCUT2D eigenvalue weighted by atomic mass is 10.0. The van der Waals surface area contributed by atoms with Gasteiger partial charge in [0.2, 0.25) is 11.8 Å². The van der Waals surface area contributed by atoms with E-state index in [9.17, 15) is 9.59 Å². The number of benzene rings is 2. The third-order valence-electron chi connectivity index (χ3n) is 4.25. The van der Waals surface area contributed by atoms with Crippen molar-refractivity contribution in [3.8, 4) is 11.5 Å². The molecule has 2 rings (SSSR count). The highest BCUT2D eigenvalue weighted by Crippen LogP contribution is 2.29. The molecule has 0 spiro atoms. The van der Waals surface area contributed by atoms with Crippen LogP contribution in [0.15, 0.2) is 48.5 Å². The van der Waals surface area contributed by atoms with Crippen molar-refractivity contribution in [2.75, 3.05) is 14.2 Å². The van der Waals surface area contributed by atoms with Crippen LogP contribution in [0.5, 0.6) is 11.5 Å². The molecule has 0 radical (unpaired) electrons. The van der Waals surface area contributed by atoms with Gasteiger partial charge in [0.1, 0.15) is 11.5 Å². The number of methoxy groups -OCH3 is 2. The van der Waals surface area contributed by atoms with Crippen molar-refractivity contribution in [1.29, 1.82) is 0 Å². The summed E-state index contributed by atoms with van der Waals surface area (Å²) in [6.07, 6.45) is 0.139. The second kappa shape index (κ2) is 9.62. The van der Waals surface area contributed by atoms with E-state index in [0.29, 0.717) is 11.5 Å². The van der Waals surface area contributed by atoms with Gasteiger partial charge in [-0.05, 0) is 30.7 Å². The first kappa shape index (κ1) is 20.3. The van der Waals surface area contributed by atoms with E-state index in [1.165, 1.54) is 6.92 Å². The van der Waals surface area contributed by atoms with E-state index in [1.54, 1.807) is 26.4 Å². The third-order valence-corrected chi connectivity index (χ3v) is 4.25. The average molecular weight is 370 g/mol. The van der Waals surface area contributed by atoms with Crippen molar-refractivity contribution < 1.29 is 19.1 Å². The molecule has 2 N–H and O–H groups in total. The minimum atomic E-state index is -0.386. The summed E-state index contributed by atoms with van der Waals surface area (Å²) in [5.74, 6) is 1.01. The van der Waals surface area contributed by atoms with Gasteiger partial charge in [0.15, 0.2) is 0 Å². The first-order chi connectivity index (χ1) is 12.9. The van der Waals surface area contributed by atoms with Gasteiger partial charge < -0.3 is 20.1 Å². The maximum atomic E-state index is 12.6. The van der Waals surface area contributed by atoms with E-state index in [-0.39, 0.29) is 30.3 Å². The second-order valence-electron chi connectivity index (χ2n) is 6.26. The summed E-state index contributed by atoms with van der Waals surface area (Å²) in [5.41, 5.74) is 1.70. The molecule has 6 heteroatoms. The highest BCUT2D eigenvalue weighted by atomic mass is 16.5. The molecule has 2 atom stereocenters. The van der Waals surface area contributed by atoms with Crippen molar-refractivity contribution >= 4 is 11.8 Å². The molecule has 0 fully saturated rings. The van der Waals surface area contributed by atoms with Crippen molar-refractivity contribution in [1.82, 2.24) is 10.6 Å². The summed E-state index contributed by atoms with van der Waals surface area (Å²) >= 11 is 0. The molecule has 2 amide bonds. The quantitative estimate of drug-likeness (QED) is 0.748. The smallest absolute Gasteiger partial charge is 0.222 e. The maximum absolute atomic E-state index is 12.6. The SMILES string of the molecule is COc1ccc(OC)c([C@H](C)NC(=O)C[C@@H](NC(C)=O)c2ccccc2)c1. The van der Waals surface area contributed by atoms with Crippen LogP contribution in [-0.2, 0) is 9.59 Å². The molecule has 6 nitrogen and oxygen atoms in total. The highest BCUT2D eigenvalue weighted by molar-refractivity contribution is 5.79. The normalized spacial score (nSPS) is 12.6. The highest BCUT2D eigenvalue weighted by Gasteiger charge is 2.20. The molecule has 0 aliphatic heterocycles. The third kappa shape index (κ3) is 5.74. The van der Waals surface area contributed by atoms with Crippen LogP contribution in [0.2, 0.25) is 0 Å². The molecule has 0 saturated heterocycles. The van der Waals surface area contributed by atoms with E-state index >= 15 is 0 Å². The Morgan fingerprint density at radius 2 is 1.70 bits per heavy atom. The second-order valence-corrected chi connectivity index (χ2v) is 6.26. The lowest BCUT2D eigenvalue weighted by Gasteiger charge is -2.21. The summed E-state index contributed by atoms with van der Waals surface area (Å²) in [6, 6.07) is 14.2. The Bertz CT molecular complexity index is 777. The topological polar surface area (TPSA) is 76.7 Å². The first-order valence-corrected chi connectivity index (χ1v) is 8.78. The van der Waals surface area contributed by atoms with Crippen molar-refractivity contribution in [2.24, 2.45) is 0 Å². The standard InChI is InChI=1S/C21H26N2O4/c1-14(18-12-17(26-3)10-11-20(18)27-4)22-21(25)13-19(23-15(2)24)16-8-6-5-7-9-16/h5-12,14,19H,13H2,1-4H3,(H,22,25)(H,23,24)/t14-,19+/m0/s1. The van der Waals surface area contributed by atoms with Crippen LogP contribution in [0.3, 0.4) is 0 Å². The molecular weight excluding hydrogens is 344 g/mol. The minimum Gasteiger partial charge on any atom is -0.497 e. The number of hydrogen-bond acceptors (Lipinski definition) is 4. The van der Waals surface area contributed by atoms with Gasteiger partial charge in [0.05, 0.1) is 32.7 Å². The number of hydrogen-bond donors (Lipinski definition) is 2. The van der Waals surface area contributed by atoms with Gasteiger partial charge in [-0.25, -0.2) is 0 Å². The Kier molecular flexibility index (Phi) is 7.23. The summed E-state index contributed by atoms with van der Waals surface area (Å²) in [7, 11) is 3.18. The minimum absolute atomic E-state index is 0.139. The summed E-state index contributed by atoms with van der Waals surface area (Å²) in [6.45, 7) is 3.32. The zero-order valence-corrected chi connectivity index (χ0v) is 16.1. The lowest BCUT2D eigenvalue weighted by Crippen LogP contribution is -2.33.